The van der Waals surface area contributed by atoms with Crippen molar-refractivity contribution in [3.8, 4) is 0 Å². The van der Waals surface area contributed by atoms with Crippen LogP contribution in [0.4, 0.5) is 0 Å². The summed E-state index contributed by atoms with van der Waals surface area (Å²) in [5.41, 5.74) is 0. The van der Waals surface area contributed by atoms with Crippen molar-refractivity contribution >= 4 is 17.9 Å². The third-order valence-corrected chi connectivity index (χ3v) is 14.6. The Labute approximate surface area is 489 Å². The van der Waals surface area contributed by atoms with Gasteiger partial charge in [-0.05, 0) is 103 Å². The lowest BCUT2D eigenvalue weighted by Gasteiger charge is -2.18. The minimum Gasteiger partial charge on any atom is -0.462 e. The van der Waals surface area contributed by atoms with Gasteiger partial charge in [0.15, 0.2) is 6.10 Å². The molecule has 0 aliphatic carbocycles. The Morgan fingerprint density at radius 2 is 0.494 bits per heavy atom. The van der Waals surface area contributed by atoms with Crippen LogP contribution in [-0.4, -0.2) is 37.2 Å². The molecule has 0 rings (SSSR count). The van der Waals surface area contributed by atoms with Crippen LogP contribution in [0.15, 0.2) is 97.2 Å². The van der Waals surface area contributed by atoms with E-state index in [1.54, 1.807) is 0 Å². The van der Waals surface area contributed by atoms with Crippen molar-refractivity contribution in [1.29, 1.82) is 0 Å². The molecule has 1 atom stereocenters. The zero-order valence-corrected chi connectivity index (χ0v) is 52.1. The summed E-state index contributed by atoms with van der Waals surface area (Å²) in [5.74, 6) is -0.910. The maximum Gasteiger partial charge on any atom is 0.306 e. The van der Waals surface area contributed by atoms with Gasteiger partial charge in [0.05, 0.1) is 0 Å². The molecule has 0 amide bonds. The minimum atomic E-state index is -0.794. The number of esters is 3. The smallest absolute Gasteiger partial charge is 0.306 e. The molecule has 0 radical (unpaired) electrons. The number of hydrogen-bond acceptors (Lipinski definition) is 6. The van der Waals surface area contributed by atoms with Gasteiger partial charge in [-0.15, -0.1) is 0 Å². The first kappa shape index (κ1) is 75.3. The van der Waals surface area contributed by atoms with Gasteiger partial charge in [0.2, 0.25) is 0 Å². The fourth-order valence-corrected chi connectivity index (χ4v) is 9.54. The number of carbonyl (C=O) groups excluding carboxylic acids is 3. The summed E-state index contributed by atoms with van der Waals surface area (Å²) in [6, 6.07) is 0. The van der Waals surface area contributed by atoms with Crippen molar-refractivity contribution in [2.45, 2.75) is 335 Å². The van der Waals surface area contributed by atoms with Gasteiger partial charge in [0.25, 0.3) is 0 Å². The van der Waals surface area contributed by atoms with Gasteiger partial charge in [0, 0.05) is 19.3 Å². The fourth-order valence-electron chi connectivity index (χ4n) is 9.54. The van der Waals surface area contributed by atoms with Gasteiger partial charge in [-0.1, -0.05) is 304 Å². The number of hydrogen-bond donors (Lipinski definition) is 0. The quantitative estimate of drug-likeness (QED) is 0.0261. The van der Waals surface area contributed by atoms with E-state index in [4.69, 9.17) is 14.2 Å². The molecule has 0 aromatic carbocycles. The van der Waals surface area contributed by atoms with Gasteiger partial charge < -0.3 is 14.2 Å². The van der Waals surface area contributed by atoms with E-state index in [1.165, 1.54) is 180 Å². The van der Waals surface area contributed by atoms with Crippen molar-refractivity contribution in [1.82, 2.24) is 0 Å². The Kier molecular flexibility index (Phi) is 63.7. The third kappa shape index (κ3) is 65.0. The number of carbonyl (C=O) groups is 3. The SMILES string of the molecule is CC/C=C\C/C=C\C/C=C\C/C=C\C/C=C\C/C=C\C/C=C\CCCCCC(=O)OCC(COC(=O)CCCCCCCCC/C=C\CCCCCCCC)OC(=O)CCCCCCCCCCCCCCCCCCCCC. The maximum absolute atomic E-state index is 12.9. The summed E-state index contributed by atoms with van der Waals surface area (Å²) >= 11 is 0. The lowest BCUT2D eigenvalue weighted by atomic mass is 10.0. The van der Waals surface area contributed by atoms with E-state index in [0.29, 0.717) is 19.3 Å². The average Bonchev–Trinajstić information content (AvgIpc) is 3.45. The predicted molar refractivity (Wildman–Crippen MR) is 344 cm³/mol. The molecule has 6 heteroatoms. The van der Waals surface area contributed by atoms with Crippen LogP contribution in [-0.2, 0) is 28.6 Å². The van der Waals surface area contributed by atoms with Crippen LogP contribution >= 0.6 is 0 Å². The summed E-state index contributed by atoms with van der Waals surface area (Å²) in [5, 5.41) is 0. The Balaban J connectivity index is 4.43. The number of rotatable bonds is 61. The lowest BCUT2D eigenvalue weighted by Crippen LogP contribution is -2.30. The van der Waals surface area contributed by atoms with E-state index in [0.717, 1.165) is 109 Å². The van der Waals surface area contributed by atoms with Crippen LogP contribution in [0.1, 0.15) is 329 Å². The molecule has 0 saturated heterocycles. The molecular weight excluding hydrogens is 973 g/mol. The summed E-state index contributed by atoms with van der Waals surface area (Å²) in [6.45, 7) is 6.53. The van der Waals surface area contributed by atoms with Crippen LogP contribution < -0.4 is 0 Å². The molecule has 0 aliphatic rings. The van der Waals surface area contributed by atoms with Crippen molar-refractivity contribution in [3.05, 3.63) is 97.2 Å². The van der Waals surface area contributed by atoms with E-state index in [9.17, 15) is 14.4 Å². The highest BCUT2D eigenvalue weighted by Gasteiger charge is 2.19. The maximum atomic E-state index is 12.9. The van der Waals surface area contributed by atoms with Crippen molar-refractivity contribution < 1.29 is 28.6 Å². The Hall–Kier alpha value is -3.67. The fraction of sp³-hybridized carbons (Fsp3) is 0.740. The van der Waals surface area contributed by atoms with Crippen molar-refractivity contribution in [2.24, 2.45) is 0 Å². The second-order valence-corrected chi connectivity index (χ2v) is 22.4. The number of allylic oxidation sites excluding steroid dienone is 16. The molecule has 79 heavy (non-hydrogen) atoms. The monoisotopic (exact) mass is 1100 g/mol. The second kappa shape index (κ2) is 66.8. The largest absolute Gasteiger partial charge is 0.462 e. The summed E-state index contributed by atoms with van der Waals surface area (Å²) in [6.07, 6.45) is 89.9. The van der Waals surface area contributed by atoms with Crippen LogP contribution in [0.25, 0.3) is 0 Å². The Bertz CT molecular complexity index is 1540. The molecule has 0 bridgehead atoms. The molecule has 0 N–H and O–H groups in total. The average molecular weight is 1100 g/mol. The molecule has 0 aromatic rings. The van der Waals surface area contributed by atoms with Gasteiger partial charge in [-0.3, -0.25) is 14.4 Å². The normalized spacial score (nSPS) is 12.7. The van der Waals surface area contributed by atoms with Crippen molar-refractivity contribution in [2.75, 3.05) is 13.2 Å². The van der Waals surface area contributed by atoms with Crippen molar-refractivity contribution in [3.63, 3.8) is 0 Å². The standard InChI is InChI=1S/C73H126O6/c1-4-7-10-13-16-19-22-25-28-31-33-34-35-36-37-38-40-42-45-48-51-54-57-60-63-66-72(75)78-69-70(68-77-71(74)65-62-59-56-53-50-47-44-41-30-27-24-21-18-15-12-9-6-3)79-73(76)67-64-61-58-55-52-49-46-43-39-32-29-26-23-20-17-14-11-8-5-2/h7,10,16,19,25,27-28,30,33-34,36-37,40,42,48,51,70H,4-6,8-9,11-15,17-18,20-24,26,29,31-32,35,38-39,41,43-47,49-50,52-69H2,1-3H3/b10-7-,19-16-,28-25-,30-27-,34-33-,37-36-,42-40-,51-48-. The molecule has 0 saturated carbocycles. The molecule has 6 nitrogen and oxygen atoms in total. The highest BCUT2D eigenvalue weighted by atomic mass is 16.6. The summed E-state index contributed by atoms with van der Waals surface area (Å²) < 4.78 is 16.9. The van der Waals surface area contributed by atoms with Crippen LogP contribution in [0.3, 0.4) is 0 Å². The Morgan fingerprint density at radius 3 is 0.797 bits per heavy atom. The second-order valence-electron chi connectivity index (χ2n) is 22.4. The Morgan fingerprint density at radius 1 is 0.266 bits per heavy atom. The molecule has 1 unspecified atom stereocenters. The van der Waals surface area contributed by atoms with Crippen LogP contribution in [0.5, 0.6) is 0 Å². The first-order valence-electron chi connectivity index (χ1n) is 33.7. The van der Waals surface area contributed by atoms with E-state index < -0.39 is 6.10 Å². The van der Waals surface area contributed by atoms with Gasteiger partial charge in [0.1, 0.15) is 13.2 Å². The zero-order chi connectivity index (χ0) is 57.1. The molecular formula is C73H126O6. The topological polar surface area (TPSA) is 78.9 Å². The van der Waals surface area contributed by atoms with E-state index in [2.05, 4.69) is 118 Å². The van der Waals surface area contributed by atoms with E-state index in [-0.39, 0.29) is 31.1 Å². The third-order valence-electron chi connectivity index (χ3n) is 14.6. The first-order chi connectivity index (χ1) is 39.0. The highest BCUT2D eigenvalue weighted by Crippen LogP contribution is 2.17. The first-order valence-corrected chi connectivity index (χ1v) is 33.7. The molecule has 0 aliphatic heterocycles. The zero-order valence-electron chi connectivity index (χ0n) is 52.1. The molecule has 0 fully saturated rings. The van der Waals surface area contributed by atoms with Crippen LogP contribution in [0.2, 0.25) is 0 Å². The molecule has 0 heterocycles. The number of unbranched alkanes of at least 4 members (excludes halogenated alkanes) is 34. The summed E-state index contributed by atoms with van der Waals surface area (Å²) in [7, 11) is 0. The summed E-state index contributed by atoms with van der Waals surface area (Å²) in [4.78, 5) is 38.4. The lowest BCUT2D eigenvalue weighted by molar-refractivity contribution is -0.167. The van der Waals surface area contributed by atoms with Crippen LogP contribution in [0, 0.1) is 0 Å². The predicted octanol–water partition coefficient (Wildman–Crippen LogP) is 23.2. The van der Waals surface area contributed by atoms with Gasteiger partial charge >= 0.3 is 17.9 Å². The molecule has 0 spiro atoms. The van der Waals surface area contributed by atoms with Gasteiger partial charge in [-0.2, -0.15) is 0 Å². The minimum absolute atomic E-state index is 0.0879. The van der Waals surface area contributed by atoms with E-state index >= 15 is 0 Å². The molecule has 0 aromatic heterocycles. The van der Waals surface area contributed by atoms with Gasteiger partial charge in [-0.25, -0.2) is 0 Å². The highest BCUT2D eigenvalue weighted by molar-refractivity contribution is 5.71. The number of ether oxygens (including phenoxy) is 3. The van der Waals surface area contributed by atoms with E-state index in [1.807, 2.05) is 0 Å². The molecule has 454 valence electrons.